The molecule has 0 aromatic heterocycles. The van der Waals surface area contributed by atoms with Crippen molar-refractivity contribution in [3.8, 4) is 11.5 Å². The minimum atomic E-state index is -0.641. The molecule has 148 valence electrons. The van der Waals surface area contributed by atoms with Crippen molar-refractivity contribution in [1.82, 2.24) is 5.32 Å². The summed E-state index contributed by atoms with van der Waals surface area (Å²) in [5, 5.41) is 12.2. The Morgan fingerprint density at radius 2 is 1.86 bits per heavy atom. The predicted octanol–water partition coefficient (Wildman–Crippen LogP) is 2.34. The molecular formula is C21H24N2O5. The fourth-order valence-electron chi connectivity index (χ4n) is 2.31. The Morgan fingerprint density at radius 3 is 2.50 bits per heavy atom. The van der Waals surface area contributed by atoms with E-state index < -0.39 is 5.97 Å². The van der Waals surface area contributed by atoms with Gasteiger partial charge in [0.2, 0.25) is 0 Å². The lowest BCUT2D eigenvalue weighted by Crippen LogP contribution is -2.28. The van der Waals surface area contributed by atoms with Gasteiger partial charge in [-0.3, -0.25) is 4.79 Å². The Bertz CT molecular complexity index is 844. The zero-order chi connectivity index (χ0) is 20.5. The molecule has 0 aliphatic rings. The average Bonchev–Trinajstić information content (AvgIpc) is 2.70. The van der Waals surface area contributed by atoms with Crippen LogP contribution in [-0.4, -0.2) is 44.8 Å². The van der Waals surface area contributed by atoms with E-state index in [0.29, 0.717) is 17.9 Å². The molecule has 0 spiro atoms. The number of ether oxygens (including phenoxy) is 2. The van der Waals surface area contributed by atoms with E-state index in [1.807, 2.05) is 43.3 Å². The van der Waals surface area contributed by atoms with Crippen LogP contribution < -0.4 is 15.0 Å². The van der Waals surface area contributed by atoms with E-state index in [2.05, 4.69) is 5.32 Å². The Labute approximate surface area is 164 Å². The number of aromatic hydroxyl groups is 1. The van der Waals surface area contributed by atoms with Crippen molar-refractivity contribution in [2.75, 3.05) is 32.7 Å². The van der Waals surface area contributed by atoms with Crippen LogP contribution in [0.5, 0.6) is 11.5 Å². The Hall–Kier alpha value is -3.48. The first-order chi connectivity index (χ1) is 13.4. The van der Waals surface area contributed by atoms with E-state index in [9.17, 15) is 14.7 Å². The molecule has 0 atom stereocenters. The molecule has 0 heterocycles. The highest BCUT2D eigenvalue weighted by molar-refractivity contribution is 5.89. The smallest absolute Gasteiger partial charge is 0.331 e. The van der Waals surface area contributed by atoms with Crippen LogP contribution in [0.4, 0.5) is 5.69 Å². The second-order valence-corrected chi connectivity index (χ2v) is 6.21. The van der Waals surface area contributed by atoms with Crippen molar-refractivity contribution in [3.05, 3.63) is 59.7 Å². The standard InChI is InChI=1S/C21H24N2O5/c1-23(2)17-8-4-16(5-9-17)13-22-20(25)14-28-21(26)11-7-15-6-10-18(24)19(12-15)27-3/h4-12,24H,13-14H2,1-3H3,(H,22,25)/b11-7+. The van der Waals surface area contributed by atoms with Gasteiger partial charge >= 0.3 is 5.97 Å². The maximum atomic E-state index is 11.8. The van der Waals surface area contributed by atoms with E-state index in [0.717, 1.165) is 11.3 Å². The predicted molar refractivity (Wildman–Crippen MR) is 107 cm³/mol. The number of hydrogen-bond donors (Lipinski definition) is 2. The number of hydrogen-bond acceptors (Lipinski definition) is 6. The molecular weight excluding hydrogens is 360 g/mol. The quantitative estimate of drug-likeness (QED) is 0.537. The zero-order valence-corrected chi connectivity index (χ0v) is 16.1. The van der Waals surface area contributed by atoms with Crippen LogP contribution in [0, 0.1) is 0 Å². The van der Waals surface area contributed by atoms with Gasteiger partial charge in [-0.2, -0.15) is 0 Å². The molecule has 2 rings (SSSR count). The maximum Gasteiger partial charge on any atom is 0.331 e. The molecule has 2 N–H and O–H groups in total. The number of esters is 1. The van der Waals surface area contributed by atoms with E-state index in [1.54, 1.807) is 12.1 Å². The number of anilines is 1. The van der Waals surface area contributed by atoms with Crippen molar-refractivity contribution in [2.45, 2.75) is 6.54 Å². The number of carbonyl (C=O) groups excluding carboxylic acids is 2. The topological polar surface area (TPSA) is 88.1 Å². The van der Waals surface area contributed by atoms with Crippen LogP contribution in [0.1, 0.15) is 11.1 Å². The molecule has 0 aliphatic carbocycles. The highest BCUT2D eigenvalue weighted by atomic mass is 16.5. The molecule has 0 fully saturated rings. The number of nitrogens with zero attached hydrogens (tertiary/aromatic N) is 1. The molecule has 0 unspecified atom stereocenters. The van der Waals surface area contributed by atoms with Crippen LogP contribution in [0.25, 0.3) is 6.08 Å². The first-order valence-electron chi connectivity index (χ1n) is 8.64. The second kappa shape index (κ2) is 10.0. The van der Waals surface area contributed by atoms with Crippen LogP contribution in [0.3, 0.4) is 0 Å². The SMILES string of the molecule is COc1cc(/C=C/C(=O)OCC(=O)NCc2ccc(N(C)C)cc2)ccc1O. The third-order valence-corrected chi connectivity index (χ3v) is 3.90. The van der Waals surface area contributed by atoms with Gasteiger partial charge in [0.05, 0.1) is 7.11 Å². The van der Waals surface area contributed by atoms with Crippen LogP contribution in [-0.2, 0) is 20.9 Å². The molecule has 7 heteroatoms. The van der Waals surface area contributed by atoms with Gasteiger partial charge in [0.25, 0.3) is 5.91 Å². The summed E-state index contributed by atoms with van der Waals surface area (Å²) in [4.78, 5) is 25.6. The fraction of sp³-hybridized carbons (Fsp3) is 0.238. The molecule has 1 amide bonds. The summed E-state index contributed by atoms with van der Waals surface area (Å²) in [6, 6.07) is 12.4. The minimum Gasteiger partial charge on any atom is -0.504 e. The van der Waals surface area contributed by atoms with Crippen LogP contribution in [0.2, 0.25) is 0 Å². The van der Waals surface area contributed by atoms with Gasteiger partial charge in [0, 0.05) is 32.4 Å². The lowest BCUT2D eigenvalue weighted by atomic mass is 10.2. The summed E-state index contributed by atoms with van der Waals surface area (Å²) in [7, 11) is 5.35. The number of phenols is 1. The van der Waals surface area contributed by atoms with Gasteiger partial charge in [-0.05, 0) is 41.5 Å². The lowest BCUT2D eigenvalue weighted by molar-refractivity contribution is -0.143. The van der Waals surface area contributed by atoms with Crippen molar-refractivity contribution >= 4 is 23.6 Å². The van der Waals surface area contributed by atoms with Gasteiger partial charge in [0.1, 0.15) is 0 Å². The zero-order valence-electron chi connectivity index (χ0n) is 16.1. The average molecular weight is 384 g/mol. The van der Waals surface area contributed by atoms with Crippen molar-refractivity contribution in [3.63, 3.8) is 0 Å². The number of carbonyl (C=O) groups is 2. The molecule has 0 bridgehead atoms. The van der Waals surface area contributed by atoms with Gasteiger partial charge in [-0.1, -0.05) is 18.2 Å². The Morgan fingerprint density at radius 1 is 1.14 bits per heavy atom. The summed E-state index contributed by atoms with van der Waals surface area (Å²) in [5.74, 6) is -0.717. The number of amides is 1. The molecule has 0 saturated heterocycles. The molecule has 2 aromatic carbocycles. The largest absolute Gasteiger partial charge is 0.504 e. The Kier molecular flexibility index (Phi) is 7.45. The van der Waals surface area contributed by atoms with Crippen molar-refractivity contribution in [2.24, 2.45) is 0 Å². The molecule has 0 aliphatic heterocycles. The van der Waals surface area contributed by atoms with E-state index in [-0.39, 0.29) is 18.3 Å². The summed E-state index contributed by atoms with van der Waals surface area (Å²) >= 11 is 0. The number of benzene rings is 2. The summed E-state index contributed by atoms with van der Waals surface area (Å²) in [6.07, 6.45) is 2.72. The molecule has 28 heavy (non-hydrogen) atoms. The number of methoxy groups -OCH3 is 1. The highest BCUT2D eigenvalue weighted by Gasteiger charge is 2.06. The summed E-state index contributed by atoms with van der Waals surface area (Å²) in [6.45, 7) is -0.00884. The third kappa shape index (κ3) is 6.35. The third-order valence-electron chi connectivity index (χ3n) is 3.90. The molecule has 2 aromatic rings. The van der Waals surface area contributed by atoms with Crippen LogP contribution in [0.15, 0.2) is 48.5 Å². The lowest BCUT2D eigenvalue weighted by Gasteiger charge is -2.12. The van der Waals surface area contributed by atoms with Gasteiger partial charge in [-0.15, -0.1) is 0 Å². The molecule has 0 radical (unpaired) electrons. The maximum absolute atomic E-state index is 11.8. The highest BCUT2D eigenvalue weighted by Crippen LogP contribution is 2.26. The molecule has 0 saturated carbocycles. The van der Waals surface area contributed by atoms with Gasteiger partial charge < -0.3 is 24.8 Å². The summed E-state index contributed by atoms with van der Waals surface area (Å²) in [5.41, 5.74) is 2.67. The van der Waals surface area contributed by atoms with Crippen molar-refractivity contribution < 1.29 is 24.2 Å². The number of rotatable bonds is 8. The Balaban J connectivity index is 1.76. The first-order valence-corrected chi connectivity index (χ1v) is 8.64. The van der Waals surface area contributed by atoms with Gasteiger partial charge in [-0.25, -0.2) is 4.79 Å². The number of nitrogens with one attached hydrogen (secondary N) is 1. The van der Waals surface area contributed by atoms with Gasteiger partial charge in [0.15, 0.2) is 18.1 Å². The fourth-order valence-corrected chi connectivity index (χ4v) is 2.31. The van der Waals surface area contributed by atoms with E-state index >= 15 is 0 Å². The van der Waals surface area contributed by atoms with E-state index in [4.69, 9.17) is 9.47 Å². The second-order valence-electron chi connectivity index (χ2n) is 6.21. The van der Waals surface area contributed by atoms with Crippen LogP contribution >= 0.6 is 0 Å². The van der Waals surface area contributed by atoms with E-state index in [1.165, 1.54) is 25.3 Å². The minimum absolute atomic E-state index is 0.00949. The molecule has 7 nitrogen and oxygen atoms in total. The monoisotopic (exact) mass is 384 g/mol. The normalized spacial score (nSPS) is 10.5. The summed E-state index contributed by atoms with van der Waals surface area (Å²) < 4.78 is 9.92. The first kappa shape index (κ1) is 20.8. The number of phenolic OH excluding ortho intramolecular Hbond substituents is 1. The van der Waals surface area contributed by atoms with Crippen molar-refractivity contribution in [1.29, 1.82) is 0 Å².